The zero-order chi connectivity index (χ0) is 11.4. The van der Waals surface area contributed by atoms with Crippen molar-refractivity contribution in [1.29, 1.82) is 0 Å². The van der Waals surface area contributed by atoms with Crippen LogP contribution < -0.4 is 4.74 Å². The number of rotatable bonds is 4. The number of ketones is 1. The molecule has 3 nitrogen and oxygen atoms in total. The van der Waals surface area contributed by atoms with Crippen molar-refractivity contribution in [3.05, 3.63) is 41.1 Å². The summed E-state index contributed by atoms with van der Waals surface area (Å²) in [6, 6.07) is 6.87. The normalized spacial score (nSPS) is 14.2. The average molecular weight is 239 g/mol. The summed E-state index contributed by atoms with van der Waals surface area (Å²) in [5.74, 6) is 0.901. The minimum absolute atomic E-state index is 0.00648. The third-order valence-electron chi connectivity index (χ3n) is 2.16. The van der Waals surface area contributed by atoms with Crippen molar-refractivity contribution in [2.45, 2.75) is 6.42 Å². The molecule has 0 spiro atoms. The van der Waals surface area contributed by atoms with E-state index in [2.05, 4.69) is 0 Å². The molecule has 0 aromatic heterocycles. The van der Waals surface area contributed by atoms with Gasteiger partial charge in [0.25, 0.3) is 0 Å². The lowest BCUT2D eigenvalue weighted by Gasteiger charge is -2.06. The molecular formula is C12H11ClO3. The highest BCUT2D eigenvalue weighted by Crippen LogP contribution is 2.16. The van der Waals surface area contributed by atoms with Gasteiger partial charge in [-0.3, -0.25) is 4.79 Å². The molecule has 16 heavy (non-hydrogen) atoms. The summed E-state index contributed by atoms with van der Waals surface area (Å²) in [6.45, 7) is 0.579. The van der Waals surface area contributed by atoms with Gasteiger partial charge in [0.2, 0.25) is 5.78 Å². The zero-order valence-corrected chi connectivity index (χ0v) is 9.37. The Balaban J connectivity index is 1.87. The van der Waals surface area contributed by atoms with Crippen molar-refractivity contribution < 1.29 is 14.3 Å². The molecule has 84 valence electrons. The van der Waals surface area contributed by atoms with Crippen LogP contribution in [-0.2, 0) is 9.53 Å². The van der Waals surface area contributed by atoms with Gasteiger partial charge in [0.15, 0.2) is 12.4 Å². The molecule has 0 fully saturated rings. The van der Waals surface area contributed by atoms with E-state index >= 15 is 0 Å². The lowest BCUT2D eigenvalue weighted by molar-refractivity contribution is -0.120. The second-order valence-corrected chi connectivity index (χ2v) is 3.81. The summed E-state index contributed by atoms with van der Waals surface area (Å²) in [7, 11) is 0. The van der Waals surface area contributed by atoms with Crippen molar-refractivity contribution in [3.63, 3.8) is 0 Å². The summed E-state index contributed by atoms with van der Waals surface area (Å²) < 4.78 is 10.4. The molecule has 0 saturated heterocycles. The first kappa shape index (κ1) is 11.0. The molecule has 0 saturated carbocycles. The van der Waals surface area contributed by atoms with Gasteiger partial charge in [0.1, 0.15) is 5.75 Å². The Kier molecular flexibility index (Phi) is 3.47. The molecule has 0 N–H and O–H groups in total. The van der Waals surface area contributed by atoms with Crippen LogP contribution in [0, 0.1) is 0 Å². The highest BCUT2D eigenvalue weighted by Gasteiger charge is 2.15. The summed E-state index contributed by atoms with van der Waals surface area (Å²) in [5.41, 5.74) is 0. The van der Waals surface area contributed by atoms with Crippen molar-refractivity contribution in [3.8, 4) is 5.75 Å². The molecule has 0 atom stereocenters. The molecule has 4 heteroatoms. The third-order valence-corrected chi connectivity index (χ3v) is 2.42. The molecule has 1 aliphatic rings. The third kappa shape index (κ3) is 2.76. The van der Waals surface area contributed by atoms with Crippen LogP contribution in [0.4, 0.5) is 0 Å². The fourth-order valence-electron chi connectivity index (χ4n) is 1.36. The molecule has 1 aromatic carbocycles. The topological polar surface area (TPSA) is 35.5 Å². The van der Waals surface area contributed by atoms with Crippen molar-refractivity contribution in [1.82, 2.24) is 0 Å². The summed E-state index contributed by atoms with van der Waals surface area (Å²) >= 11 is 5.73. The Morgan fingerprint density at radius 2 is 2.12 bits per heavy atom. The van der Waals surface area contributed by atoms with E-state index in [1.165, 1.54) is 0 Å². The van der Waals surface area contributed by atoms with Gasteiger partial charge >= 0.3 is 0 Å². The van der Waals surface area contributed by atoms with Gasteiger partial charge in [-0.05, 0) is 30.3 Å². The van der Waals surface area contributed by atoms with Gasteiger partial charge < -0.3 is 9.47 Å². The van der Waals surface area contributed by atoms with E-state index in [1.807, 2.05) is 0 Å². The molecular weight excluding hydrogens is 228 g/mol. The fraction of sp³-hybridized carbons (Fsp3) is 0.250. The fourth-order valence-corrected chi connectivity index (χ4v) is 1.49. The van der Waals surface area contributed by atoms with E-state index in [9.17, 15) is 4.79 Å². The Bertz CT molecular complexity index is 409. The molecule has 1 aliphatic heterocycles. The summed E-state index contributed by atoms with van der Waals surface area (Å²) in [6.07, 6.45) is 2.58. The van der Waals surface area contributed by atoms with Crippen LogP contribution in [0.5, 0.6) is 5.75 Å². The van der Waals surface area contributed by atoms with E-state index in [4.69, 9.17) is 21.1 Å². The van der Waals surface area contributed by atoms with Crippen LogP contribution in [0.1, 0.15) is 6.42 Å². The van der Waals surface area contributed by atoms with Gasteiger partial charge in [0, 0.05) is 11.4 Å². The highest BCUT2D eigenvalue weighted by molar-refractivity contribution is 6.30. The monoisotopic (exact) mass is 238 g/mol. The molecule has 0 radical (unpaired) electrons. The van der Waals surface area contributed by atoms with Gasteiger partial charge in [-0.25, -0.2) is 0 Å². The predicted molar refractivity (Wildman–Crippen MR) is 60.6 cm³/mol. The maximum absolute atomic E-state index is 11.5. The number of halogens is 1. The Hall–Kier alpha value is -1.48. The second kappa shape index (κ2) is 5.03. The largest absolute Gasteiger partial charge is 0.490 e. The number of ether oxygens (including phenoxy) is 2. The average Bonchev–Trinajstić information content (AvgIpc) is 2.81. The molecule has 2 rings (SSSR count). The molecule has 0 aliphatic carbocycles. The van der Waals surface area contributed by atoms with Crippen molar-refractivity contribution >= 4 is 17.4 Å². The quantitative estimate of drug-likeness (QED) is 0.809. The number of hydrogen-bond donors (Lipinski definition) is 0. The Labute approximate surface area is 98.6 Å². The van der Waals surface area contributed by atoms with E-state index in [1.54, 1.807) is 30.3 Å². The number of carbonyl (C=O) groups is 1. The second-order valence-electron chi connectivity index (χ2n) is 3.37. The first-order valence-corrected chi connectivity index (χ1v) is 5.38. The lowest BCUT2D eigenvalue weighted by atomic mass is 10.3. The van der Waals surface area contributed by atoms with Crippen molar-refractivity contribution in [2.24, 2.45) is 0 Å². The number of hydrogen-bond acceptors (Lipinski definition) is 3. The van der Waals surface area contributed by atoms with Crippen LogP contribution in [0.2, 0.25) is 5.02 Å². The zero-order valence-electron chi connectivity index (χ0n) is 8.61. The molecule has 1 heterocycles. The van der Waals surface area contributed by atoms with E-state index in [0.29, 0.717) is 23.1 Å². The SMILES string of the molecule is O=C(COc1ccc(Cl)cc1)C1=CCCO1. The minimum Gasteiger partial charge on any atom is -0.490 e. The van der Waals surface area contributed by atoms with Crippen LogP contribution >= 0.6 is 11.6 Å². The van der Waals surface area contributed by atoms with Crippen LogP contribution in [0.15, 0.2) is 36.1 Å². The maximum atomic E-state index is 11.5. The molecule has 1 aromatic rings. The number of carbonyl (C=O) groups excluding carboxylic acids is 1. The van der Waals surface area contributed by atoms with E-state index in [-0.39, 0.29) is 12.4 Å². The summed E-state index contributed by atoms with van der Waals surface area (Å²) in [4.78, 5) is 11.5. The van der Waals surface area contributed by atoms with Gasteiger partial charge in [-0.1, -0.05) is 11.6 Å². The first-order chi connectivity index (χ1) is 7.75. The smallest absolute Gasteiger partial charge is 0.234 e. The summed E-state index contributed by atoms with van der Waals surface area (Å²) in [5, 5.41) is 0.639. The van der Waals surface area contributed by atoms with Gasteiger partial charge in [0.05, 0.1) is 6.61 Å². The molecule has 0 unspecified atom stereocenters. The number of benzene rings is 1. The lowest BCUT2D eigenvalue weighted by Crippen LogP contribution is -2.13. The minimum atomic E-state index is -0.132. The molecule has 0 amide bonds. The Morgan fingerprint density at radius 1 is 1.38 bits per heavy atom. The van der Waals surface area contributed by atoms with Crippen LogP contribution in [-0.4, -0.2) is 19.0 Å². The maximum Gasteiger partial charge on any atom is 0.234 e. The van der Waals surface area contributed by atoms with Crippen LogP contribution in [0.3, 0.4) is 0 Å². The molecule has 0 bridgehead atoms. The van der Waals surface area contributed by atoms with E-state index < -0.39 is 0 Å². The Morgan fingerprint density at radius 3 is 2.75 bits per heavy atom. The van der Waals surface area contributed by atoms with Gasteiger partial charge in [-0.15, -0.1) is 0 Å². The van der Waals surface area contributed by atoms with Crippen molar-refractivity contribution in [2.75, 3.05) is 13.2 Å². The van der Waals surface area contributed by atoms with Crippen LogP contribution in [0.25, 0.3) is 0 Å². The van der Waals surface area contributed by atoms with E-state index in [0.717, 1.165) is 6.42 Å². The standard InChI is InChI=1S/C12H11ClO3/c13-9-3-5-10(6-4-9)16-8-11(14)12-2-1-7-15-12/h2-6H,1,7-8H2. The number of Topliss-reactive ketones (excluding diaryl/α,β-unsaturated/α-hetero) is 1. The van der Waals surface area contributed by atoms with Gasteiger partial charge in [-0.2, -0.15) is 0 Å². The highest BCUT2D eigenvalue weighted by atomic mass is 35.5. The predicted octanol–water partition coefficient (Wildman–Crippen LogP) is 2.59. The first-order valence-electron chi connectivity index (χ1n) is 5.00.